The van der Waals surface area contributed by atoms with E-state index in [0.29, 0.717) is 11.6 Å². The van der Waals surface area contributed by atoms with Crippen LogP contribution in [0.5, 0.6) is 0 Å². The summed E-state index contributed by atoms with van der Waals surface area (Å²) < 4.78 is 4.80. The van der Waals surface area contributed by atoms with Crippen molar-refractivity contribution < 1.29 is 9.53 Å². The first-order valence-corrected chi connectivity index (χ1v) is 5.02. The Morgan fingerprint density at radius 2 is 2.21 bits per heavy atom. The summed E-state index contributed by atoms with van der Waals surface area (Å²) in [4.78, 5) is 17.4. The first-order valence-electron chi connectivity index (χ1n) is 4.21. The third-order valence-corrected chi connectivity index (χ3v) is 2.72. The van der Waals surface area contributed by atoms with Crippen molar-refractivity contribution >= 4 is 29.3 Å². The van der Waals surface area contributed by atoms with Crippen molar-refractivity contribution in [3.05, 3.63) is 27.6 Å². The van der Waals surface area contributed by atoms with Gasteiger partial charge in [-0.05, 0) is 25.1 Å². The number of cyclic esters (lactones) is 1. The molecule has 0 saturated carbocycles. The summed E-state index contributed by atoms with van der Waals surface area (Å²) in [6.45, 7) is 3.69. The van der Waals surface area contributed by atoms with Crippen LogP contribution in [0.1, 0.15) is 16.7 Å². The molecule has 14 heavy (non-hydrogen) atoms. The van der Waals surface area contributed by atoms with Gasteiger partial charge in [0.15, 0.2) is 11.6 Å². The van der Waals surface area contributed by atoms with Crippen LogP contribution in [-0.4, -0.2) is 11.9 Å². The smallest absolute Gasteiger partial charge is 0.363 e. The lowest BCUT2D eigenvalue weighted by Crippen LogP contribution is -1.99. The maximum absolute atomic E-state index is 11.2. The fourth-order valence-corrected chi connectivity index (χ4v) is 2.00. The van der Waals surface area contributed by atoms with E-state index < -0.39 is 0 Å². The molecule has 0 unspecified atom stereocenters. The van der Waals surface area contributed by atoms with Crippen LogP contribution in [0.2, 0.25) is 0 Å². The molecule has 1 aliphatic heterocycles. The van der Waals surface area contributed by atoms with Crippen LogP contribution in [0.25, 0.3) is 6.08 Å². The van der Waals surface area contributed by atoms with Crippen molar-refractivity contribution in [1.82, 2.24) is 0 Å². The van der Waals surface area contributed by atoms with E-state index >= 15 is 0 Å². The van der Waals surface area contributed by atoms with Gasteiger partial charge in [-0.2, -0.15) is 0 Å². The van der Waals surface area contributed by atoms with Crippen LogP contribution in [-0.2, 0) is 9.53 Å². The average Bonchev–Trinajstić information content (AvgIpc) is 2.61. The zero-order chi connectivity index (χ0) is 10.1. The fraction of sp³-hybridized carbons (Fsp3) is 0.200. The van der Waals surface area contributed by atoms with E-state index in [4.69, 9.17) is 4.74 Å². The third kappa shape index (κ3) is 1.75. The van der Waals surface area contributed by atoms with Crippen LogP contribution >= 0.6 is 11.3 Å². The molecule has 2 heterocycles. The van der Waals surface area contributed by atoms with Crippen molar-refractivity contribution in [1.29, 1.82) is 0 Å². The van der Waals surface area contributed by atoms with Crippen LogP contribution in [0.15, 0.2) is 22.8 Å². The molecule has 0 spiro atoms. The summed E-state index contributed by atoms with van der Waals surface area (Å²) in [5.41, 5.74) is 0.379. The van der Waals surface area contributed by atoms with Gasteiger partial charge in [0.2, 0.25) is 0 Å². The van der Waals surface area contributed by atoms with Gasteiger partial charge in [0.05, 0.1) is 0 Å². The minimum absolute atomic E-state index is 0.367. The molecule has 2 rings (SSSR count). The van der Waals surface area contributed by atoms with E-state index in [1.165, 1.54) is 4.88 Å². The Balaban J connectivity index is 2.31. The largest absolute Gasteiger partial charge is 0.407 e. The lowest BCUT2D eigenvalue weighted by molar-refractivity contribution is -0.130. The van der Waals surface area contributed by atoms with Gasteiger partial charge in [-0.15, -0.1) is 11.3 Å². The van der Waals surface area contributed by atoms with Gasteiger partial charge in [0.1, 0.15) is 0 Å². The quantitative estimate of drug-likeness (QED) is 0.524. The first-order chi connectivity index (χ1) is 6.65. The fourth-order valence-electron chi connectivity index (χ4n) is 1.18. The standard InChI is InChI=1S/C10H9NO2S/c1-6-3-4-8(14-6)5-9-10(12)13-7(2)11-9/h3-5H,1-2H3/b9-5-. The molecule has 0 aromatic carbocycles. The molecule has 0 fully saturated rings. The van der Waals surface area contributed by atoms with Crippen LogP contribution in [0.3, 0.4) is 0 Å². The van der Waals surface area contributed by atoms with Crippen molar-refractivity contribution in [2.75, 3.05) is 0 Å². The number of carbonyl (C=O) groups is 1. The number of aryl methyl sites for hydroxylation is 1. The Morgan fingerprint density at radius 3 is 2.71 bits per heavy atom. The van der Waals surface area contributed by atoms with Gasteiger partial charge < -0.3 is 4.74 Å². The van der Waals surface area contributed by atoms with Crippen molar-refractivity contribution in [3.63, 3.8) is 0 Å². The molecule has 72 valence electrons. The maximum atomic E-state index is 11.2. The van der Waals surface area contributed by atoms with Gasteiger partial charge in [-0.25, -0.2) is 9.79 Å². The van der Waals surface area contributed by atoms with Crippen LogP contribution in [0.4, 0.5) is 0 Å². The molecule has 0 radical (unpaired) electrons. The summed E-state index contributed by atoms with van der Waals surface area (Å²) in [6.07, 6.45) is 1.75. The summed E-state index contributed by atoms with van der Waals surface area (Å²) in [5.74, 6) is 0.0445. The first kappa shape index (κ1) is 9.15. The Hall–Kier alpha value is -1.42. The Kier molecular flexibility index (Phi) is 2.21. The number of nitrogens with zero attached hydrogens (tertiary/aromatic N) is 1. The highest BCUT2D eigenvalue weighted by molar-refractivity contribution is 7.12. The number of ether oxygens (including phenoxy) is 1. The number of thiophene rings is 1. The molecule has 0 bridgehead atoms. The predicted molar refractivity (Wildman–Crippen MR) is 56.2 cm³/mol. The normalized spacial score (nSPS) is 18.6. The second-order valence-corrected chi connectivity index (χ2v) is 4.32. The minimum atomic E-state index is -0.367. The lowest BCUT2D eigenvalue weighted by atomic mass is 10.3. The van der Waals surface area contributed by atoms with E-state index in [-0.39, 0.29) is 5.97 Å². The minimum Gasteiger partial charge on any atom is -0.407 e. The molecule has 0 atom stereocenters. The third-order valence-electron chi connectivity index (χ3n) is 1.77. The van der Waals surface area contributed by atoms with Gasteiger partial charge in [-0.1, -0.05) is 0 Å². The zero-order valence-corrected chi connectivity index (χ0v) is 8.72. The van der Waals surface area contributed by atoms with Gasteiger partial charge >= 0.3 is 5.97 Å². The van der Waals surface area contributed by atoms with Crippen LogP contribution in [0, 0.1) is 6.92 Å². The number of hydrogen-bond donors (Lipinski definition) is 0. The molecule has 0 aliphatic carbocycles. The topological polar surface area (TPSA) is 38.7 Å². The highest BCUT2D eigenvalue weighted by atomic mass is 32.1. The van der Waals surface area contributed by atoms with Gasteiger partial charge in [0.25, 0.3) is 0 Å². The lowest BCUT2D eigenvalue weighted by Gasteiger charge is -1.88. The van der Waals surface area contributed by atoms with Crippen molar-refractivity contribution in [3.8, 4) is 0 Å². The summed E-state index contributed by atoms with van der Waals surface area (Å²) >= 11 is 1.62. The zero-order valence-electron chi connectivity index (χ0n) is 7.90. The molecule has 0 N–H and O–H groups in total. The highest BCUT2D eigenvalue weighted by Crippen LogP contribution is 2.21. The predicted octanol–water partition coefficient (Wildman–Crippen LogP) is 2.37. The van der Waals surface area contributed by atoms with Crippen molar-refractivity contribution in [2.24, 2.45) is 4.99 Å². The number of hydrogen-bond acceptors (Lipinski definition) is 4. The second kappa shape index (κ2) is 3.38. The number of carbonyl (C=O) groups excluding carboxylic acids is 1. The number of aliphatic imine (C=N–C) groups is 1. The molecule has 0 saturated heterocycles. The summed E-state index contributed by atoms with van der Waals surface area (Å²) in [6, 6.07) is 3.97. The van der Waals surface area contributed by atoms with E-state index in [2.05, 4.69) is 4.99 Å². The van der Waals surface area contributed by atoms with E-state index in [9.17, 15) is 4.79 Å². The van der Waals surface area contributed by atoms with Crippen LogP contribution < -0.4 is 0 Å². The van der Waals surface area contributed by atoms with E-state index in [0.717, 1.165) is 4.88 Å². The SMILES string of the molecule is CC1=N/C(=C\c2ccc(C)s2)C(=O)O1. The molecule has 1 aromatic rings. The van der Waals surface area contributed by atoms with E-state index in [1.807, 2.05) is 19.1 Å². The number of rotatable bonds is 1. The molecule has 3 nitrogen and oxygen atoms in total. The molecule has 4 heteroatoms. The Labute approximate surface area is 85.7 Å². The highest BCUT2D eigenvalue weighted by Gasteiger charge is 2.19. The molecule has 1 aromatic heterocycles. The summed E-state index contributed by atoms with van der Waals surface area (Å²) in [5, 5.41) is 0. The monoisotopic (exact) mass is 207 g/mol. The van der Waals surface area contributed by atoms with Gasteiger partial charge in [0, 0.05) is 16.7 Å². The second-order valence-electron chi connectivity index (χ2n) is 3.00. The maximum Gasteiger partial charge on any atom is 0.363 e. The van der Waals surface area contributed by atoms with Gasteiger partial charge in [-0.3, -0.25) is 0 Å². The molecular weight excluding hydrogens is 198 g/mol. The molecule has 0 amide bonds. The molecule has 1 aliphatic rings. The molecular formula is C10H9NO2S. The Morgan fingerprint density at radius 1 is 1.43 bits per heavy atom. The Bertz CT molecular complexity index is 443. The number of esters is 1. The summed E-state index contributed by atoms with van der Waals surface area (Å²) in [7, 11) is 0. The van der Waals surface area contributed by atoms with Crippen molar-refractivity contribution in [2.45, 2.75) is 13.8 Å². The average molecular weight is 207 g/mol. The van der Waals surface area contributed by atoms with E-state index in [1.54, 1.807) is 24.3 Å².